The molecule has 0 amide bonds. The number of nitrogens with two attached hydrogens (primary N) is 1. The van der Waals surface area contributed by atoms with Crippen molar-refractivity contribution in [3.05, 3.63) is 27.9 Å². The number of nitro groups is 1. The minimum atomic E-state index is -4.97. The summed E-state index contributed by atoms with van der Waals surface area (Å²) in [5.74, 6) is -0.899. The molecule has 0 bridgehead atoms. The molecule has 0 spiro atoms. The maximum atomic E-state index is 11.9. The normalized spacial score (nSPS) is 11.2. The van der Waals surface area contributed by atoms with Crippen molar-refractivity contribution in [3.63, 3.8) is 0 Å². The quantitative estimate of drug-likeness (QED) is 0.632. The molecule has 16 heavy (non-hydrogen) atoms. The first-order chi connectivity index (χ1) is 7.35. The number of halogens is 3. The summed E-state index contributed by atoms with van der Waals surface area (Å²) in [5, 5.41) is 10.5. The molecular weight excluding hydrogens is 231 g/mol. The number of pyridine rings is 1. The van der Waals surface area contributed by atoms with Crippen molar-refractivity contribution in [1.29, 1.82) is 0 Å². The summed E-state index contributed by atoms with van der Waals surface area (Å²) in [6.07, 6.45) is -4.12. The molecule has 0 saturated heterocycles. The van der Waals surface area contributed by atoms with Gasteiger partial charge in [0.2, 0.25) is 5.88 Å². The molecule has 0 aromatic carbocycles. The van der Waals surface area contributed by atoms with Crippen LogP contribution in [0.15, 0.2) is 12.3 Å². The summed E-state index contributed by atoms with van der Waals surface area (Å²) < 4.78 is 39.3. The largest absolute Gasteiger partial charge is 0.574 e. The summed E-state index contributed by atoms with van der Waals surface area (Å²) in [5.41, 5.74) is 4.16. The molecule has 0 aliphatic rings. The lowest BCUT2D eigenvalue weighted by molar-refractivity contribution is -0.385. The van der Waals surface area contributed by atoms with E-state index in [0.29, 0.717) is 0 Å². The highest BCUT2D eigenvalue weighted by Crippen LogP contribution is 2.29. The Hall–Kier alpha value is -1.90. The third kappa shape index (κ3) is 2.79. The molecule has 0 saturated carbocycles. The van der Waals surface area contributed by atoms with E-state index < -0.39 is 35.0 Å². The first-order valence-electron chi connectivity index (χ1n) is 3.93. The molecule has 1 aromatic rings. The minimum Gasteiger partial charge on any atom is -0.387 e. The monoisotopic (exact) mass is 237 g/mol. The maximum absolute atomic E-state index is 11.9. The maximum Gasteiger partial charge on any atom is 0.574 e. The van der Waals surface area contributed by atoms with Gasteiger partial charge in [-0.15, -0.1) is 13.2 Å². The lowest BCUT2D eigenvalue weighted by atomic mass is 10.2. The fraction of sp³-hybridized carbons (Fsp3) is 0.286. The molecule has 0 fully saturated rings. The summed E-state index contributed by atoms with van der Waals surface area (Å²) in [4.78, 5) is 12.9. The van der Waals surface area contributed by atoms with E-state index >= 15 is 0 Å². The van der Waals surface area contributed by atoms with Gasteiger partial charge in [0.05, 0.1) is 4.92 Å². The molecule has 1 rings (SSSR count). The van der Waals surface area contributed by atoms with Crippen molar-refractivity contribution >= 4 is 5.69 Å². The third-order valence-electron chi connectivity index (χ3n) is 1.60. The third-order valence-corrected chi connectivity index (χ3v) is 1.60. The zero-order valence-corrected chi connectivity index (χ0v) is 7.69. The van der Waals surface area contributed by atoms with Gasteiger partial charge in [-0.05, 0) is 0 Å². The van der Waals surface area contributed by atoms with Gasteiger partial charge in [-0.1, -0.05) is 0 Å². The first kappa shape index (κ1) is 12.2. The predicted octanol–water partition coefficient (Wildman–Crippen LogP) is 1.35. The molecule has 1 aromatic heterocycles. The number of rotatable bonds is 3. The molecule has 2 N–H and O–H groups in total. The lowest BCUT2D eigenvalue weighted by Gasteiger charge is -2.10. The summed E-state index contributed by atoms with van der Waals surface area (Å²) >= 11 is 0. The molecular formula is C7H6F3N3O3. The van der Waals surface area contributed by atoms with Crippen LogP contribution in [0.2, 0.25) is 0 Å². The second-order valence-corrected chi connectivity index (χ2v) is 2.62. The zero-order valence-electron chi connectivity index (χ0n) is 7.69. The number of ether oxygens (including phenoxy) is 1. The Morgan fingerprint density at radius 1 is 1.56 bits per heavy atom. The van der Waals surface area contributed by atoms with Crippen LogP contribution < -0.4 is 10.5 Å². The summed E-state index contributed by atoms with van der Waals surface area (Å²) in [6, 6.07) is 0.950. The van der Waals surface area contributed by atoms with Crippen LogP contribution in [0.1, 0.15) is 5.56 Å². The van der Waals surface area contributed by atoms with Gasteiger partial charge in [0.25, 0.3) is 5.69 Å². The molecule has 0 unspecified atom stereocenters. The van der Waals surface area contributed by atoms with Gasteiger partial charge in [-0.2, -0.15) is 0 Å². The number of aromatic nitrogens is 1. The van der Waals surface area contributed by atoms with E-state index in [1.54, 1.807) is 0 Å². The van der Waals surface area contributed by atoms with Gasteiger partial charge in [0, 0.05) is 18.8 Å². The first-order valence-corrected chi connectivity index (χ1v) is 3.93. The van der Waals surface area contributed by atoms with E-state index in [1.807, 2.05) is 0 Å². The van der Waals surface area contributed by atoms with Gasteiger partial charge in [0.1, 0.15) is 5.56 Å². The van der Waals surface area contributed by atoms with Crippen molar-refractivity contribution in [1.82, 2.24) is 4.98 Å². The van der Waals surface area contributed by atoms with Crippen molar-refractivity contribution < 1.29 is 22.8 Å². The summed E-state index contributed by atoms with van der Waals surface area (Å²) in [6.45, 7) is -0.477. The Bertz CT molecular complexity index is 408. The fourth-order valence-corrected chi connectivity index (χ4v) is 1.02. The highest BCUT2D eigenvalue weighted by molar-refractivity contribution is 5.45. The van der Waals surface area contributed by atoms with Gasteiger partial charge in [0.15, 0.2) is 0 Å². The van der Waals surface area contributed by atoms with Crippen LogP contribution in [0.3, 0.4) is 0 Å². The molecule has 0 aliphatic heterocycles. The van der Waals surface area contributed by atoms with Crippen LogP contribution in [-0.4, -0.2) is 16.3 Å². The second kappa shape index (κ2) is 4.31. The molecule has 0 atom stereocenters. The Balaban J connectivity index is 3.19. The fourth-order valence-electron chi connectivity index (χ4n) is 1.02. The van der Waals surface area contributed by atoms with E-state index in [-0.39, 0.29) is 0 Å². The summed E-state index contributed by atoms with van der Waals surface area (Å²) in [7, 11) is 0. The standard InChI is InChI=1S/C7H6F3N3O3/c8-7(9,10)16-6-4(3-11)5(13(14)15)1-2-12-6/h1-2H,3,11H2. The van der Waals surface area contributed by atoms with Crippen molar-refractivity contribution in [2.75, 3.05) is 0 Å². The Morgan fingerprint density at radius 3 is 2.62 bits per heavy atom. The predicted molar refractivity (Wildman–Crippen MR) is 45.5 cm³/mol. The molecule has 0 aliphatic carbocycles. The SMILES string of the molecule is NCc1c([N+](=O)[O-])ccnc1OC(F)(F)F. The van der Waals surface area contributed by atoms with Crippen LogP contribution >= 0.6 is 0 Å². The van der Waals surface area contributed by atoms with Crippen LogP contribution in [-0.2, 0) is 6.54 Å². The molecule has 9 heteroatoms. The van der Waals surface area contributed by atoms with E-state index in [9.17, 15) is 23.3 Å². The average molecular weight is 237 g/mol. The molecule has 88 valence electrons. The number of alkyl halides is 3. The van der Waals surface area contributed by atoms with Gasteiger partial charge < -0.3 is 10.5 Å². The second-order valence-electron chi connectivity index (χ2n) is 2.62. The molecule has 1 heterocycles. The van der Waals surface area contributed by atoms with Gasteiger partial charge >= 0.3 is 6.36 Å². The van der Waals surface area contributed by atoms with Crippen LogP contribution in [0, 0.1) is 10.1 Å². The number of nitrogens with zero attached hydrogens (tertiary/aromatic N) is 2. The topological polar surface area (TPSA) is 91.3 Å². The van der Waals surface area contributed by atoms with Gasteiger partial charge in [-0.3, -0.25) is 10.1 Å². The number of hydrogen-bond donors (Lipinski definition) is 1. The smallest absolute Gasteiger partial charge is 0.387 e. The zero-order chi connectivity index (χ0) is 12.3. The van der Waals surface area contributed by atoms with E-state index in [4.69, 9.17) is 5.73 Å². The van der Waals surface area contributed by atoms with E-state index in [2.05, 4.69) is 9.72 Å². The van der Waals surface area contributed by atoms with Crippen molar-refractivity contribution in [2.45, 2.75) is 12.9 Å². The van der Waals surface area contributed by atoms with Crippen molar-refractivity contribution in [2.24, 2.45) is 5.73 Å². The van der Waals surface area contributed by atoms with Crippen LogP contribution in [0.5, 0.6) is 5.88 Å². The Morgan fingerprint density at radius 2 is 2.19 bits per heavy atom. The Labute approximate surface area is 87.0 Å². The van der Waals surface area contributed by atoms with E-state index in [0.717, 1.165) is 12.3 Å². The highest BCUT2D eigenvalue weighted by atomic mass is 19.4. The van der Waals surface area contributed by atoms with Gasteiger partial charge in [-0.25, -0.2) is 4.98 Å². The Kier molecular flexibility index (Phi) is 3.28. The molecule has 0 radical (unpaired) electrons. The van der Waals surface area contributed by atoms with Crippen LogP contribution in [0.25, 0.3) is 0 Å². The lowest BCUT2D eigenvalue weighted by Crippen LogP contribution is -2.20. The highest BCUT2D eigenvalue weighted by Gasteiger charge is 2.34. The van der Waals surface area contributed by atoms with Crippen molar-refractivity contribution in [3.8, 4) is 5.88 Å². The minimum absolute atomic E-state index is 0.398. The molecule has 6 nitrogen and oxygen atoms in total. The van der Waals surface area contributed by atoms with Crippen LogP contribution in [0.4, 0.5) is 18.9 Å². The van der Waals surface area contributed by atoms with E-state index in [1.165, 1.54) is 0 Å². The number of hydrogen-bond acceptors (Lipinski definition) is 5. The average Bonchev–Trinajstić information content (AvgIpc) is 2.14.